The van der Waals surface area contributed by atoms with E-state index in [2.05, 4.69) is 4.98 Å². The van der Waals surface area contributed by atoms with Crippen LogP contribution < -0.4 is 0 Å². The molecule has 0 atom stereocenters. The first kappa shape index (κ1) is 12.6. The standard InChI is InChI=1S/C15H12N2O2S/c1-10-12(15(18)19)8-13(14-5-3-7-20-14)17(10)11-4-2-6-16-9-11/h2-9H,1H3,(H,18,19). The largest absolute Gasteiger partial charge is 0.478 e. The normalized spacial score (nSPS) is 10.7. The number of carboxylic acid groups (broad SMARTS) is 1. The van der Waals surface area contributed by atoms with E-state index >= 15 is 0 Å². The van der Waals surface area contributed by atoms with Crippen molar-refractivity contribution >= 4 is 17.3 Å². The Balaban J connectivity index is 2.29. The minimum Gasteiger partial charge on any atom is -0.478 e. The molecule has 0 bridgehead atoms. The van der Waals surface area contributed by atoms with Gasteiger partial charge >= 0.3 is 5.97 Å². The topological polar surface area (TPSA) is 55.1 Å². The molecule has 100 valence electrons. The van der Waals surface area contributed by atoms with Crippen LogP contribution in [-0.4, -0.2) is 20.6 Å². The summed E-state index contributed by atoms with van der Waals surface area (Å²) >= 11 is 1.58. The van der Waals surface area contributed by atoms with Crippen molar-refractivity contribution in [1.29, 1.82) is 0 Å². The maximum Gasteiger partial charge on any atom is 0.337 e. The van der Waals surface area contributed by atoms with Gasteiger partial charge in [0.15, 0.2) is 0 Å². The first-order valence-electron chi connectivity index (χ1n) is 6.08. The van der Waals surface area contributed by atoms with Gasteiger partial charge in [0.2, 0.25) is 0 Å². The third kappa shape index (κ3) is 2.02. The quantitative estimate of drug-likeness (QED) is 0.799. The predicted molar refractivity (Wildman–Crippen MR) is 78.6 cm³/mol. The molecule has 0 saturated carbocycles. The Morgan fingerprint density at radius 2 is 2.20 bits per heavy atom. The van der Waals surface area contributed by atoms with Gasteiger partial charge in [-0.25, -0.2) is 4.79 Å². The summed E-state index contributed by atoms with van der Waals surface area (Å²) in [7, 11) is 0. The number of thiophene rings is 1. The molecule has 3 rings (SSSR count). The molecule has 0 aliphatic heterocycles. The highest BCUT2D eigenvalue weighted by Gasteiger charge is 2.19. The van der Waals surface area contributed by atoms with Gasteiger partial charge in [-0.2, -0.15) is 0 Å². The SMILES string of the molecule is Cc1c(C(=O)O)cc(-c2cccs2)n1-c1cccnc1. The van der Waals surface area contributed by atoms with Crippen LogP contribution >= 0.6 is 11.3 Å². The van der Waals surface area contributed by atoms with E-state index in [9.17, 15) is 9.90 Å². The van der Waals surface area contributed by atoms with Crippen molar-refractivity contribution in [2.24, 2.45) is 0 Å². The molecule has 3 aromatic heterocycles. The third-order valence-electron chi connectivity index (χ3n) is 3.16. The summed E-state index contributed by atoms with van der Waals surface area (Å²) < 4.78 is 1.93. The molecule has 0 aromatic carbocycles. The zero-order valence-corrected chi connectivity index (χ0v) is 11.6. The van der Waals surface area contributed by atoms with Gasteiger partial charge in [-0.05, 0) is 36.6 Å². The number of nitrogens with zero attached hydrogens (tertiary/aromatic N) is 2. The molecule has 20 heavy (non-hydrogen) atoms. The number of aromatic carboxylic acids is 1. The van der Waals surface area contributed by atoms with Crippen molar-refractivity contribution in [3.8, 4) is 16.3 Å². The number of pyridine rings is 1. The summed E-state index contributed by atoms with van der Waals surface area (Å²) in [6, 6.07) is 9.42. The Morgan fingerprint density at radius 1 is 1.35 bits per heavy atom. The maximum atomic E-state index is 11.4. The van der Waals surface area contributed by atoms with E-state index in [1.165, 1.54) is 0 Å². The van der Waals surface area contributed by atoms with Crippen LogP contribution in [0, 0.1) is 6.92 Å². The Labute approximate surface area is 120 Å². The second kappa shape index (κ2) is 4.94. The summed E-state index contributed by atoms with van der Waals surface area (Å²) in [6.07, 6.45) is 3.43. The number of rotatable bonds is 3. The Hall–Kier alpha value is -2.40. The molecule has 0 aliphatic carbocycles. The molecule has 0 fully saturated rings. The molecule has 5 heteroatoms. The highest BCUT2D eigenvalue weighted by Crippen LogP contribution is 2.31. The molecular formula is C15H12N2O2S. The van der Waals surface area contributed by atoms with Gasteiger partial charge in [-0.1, -0.05) is 6.07 Å². The first-order chi connectivity index (χ1) is 9.68. The summed E-state index contributed by atoms with van der Waals surface area (Å²) in [6.45, 7) is 1.81. The summed E-state index contributed by atoms with van der Waals surface area (Å²) in [4.78, 5) is 16.5. The number of carboxylic acids is 1. The van der Waals surface area contributed by atoms with Gasteiger partial charge in [-0.3, -0.25) is 4.98 Å². The molecule has 0 radical (unpaired) electrons. The molecule has 3 aromatic rings. The van der Waals surface area contributed by atoms with E-state index in [4.69, 9.17) is 0 Å². The van der Waals surface area contributed by atoms with Crippen LogP contribution in [0.2, 0.25) is 0 Å². The van der Waals surface area contributed by atoms with Crippen LogP contribution in [0.25, 0.3) is 16.3 Å². The minimum atomic E-state index is -0.914. The molecule has 0 aliphatic rings. The second-order valence-electron chi connectivity index (χ2n) is 4.36. The zero-order chi connectivity index (χ0) is 14.1. The van der Waals surface area contributed by atoms with E-state index < -0.39 is 5.97 Å². The van der Waals surface area contributed by atoms with Crippen molar-refractivity contribution in [1.82, 2.24) is 9.55 Å². The lowest BCUT2D eigenvalue weighted by molar-refractivity contribution is 0.0696. The smallest absolute Gasteiger partial charge is 0.337 e. The Kier molecular flexibility index (Phi) is 3.12. The lowest BCUT2D eigenvalue weighted by Crippen LogP contribution is -2.02. The number of aromatic nitrogens is 2. The van der Waals surface area contributed by atoms with E-state index in [-0.39, 0.29) is 0 Å². The van der Waals surface area contributed by atoms with Crippen LogP contribution in [0.4, 0.5) is 0 Å². The Morgan fingerprint density at radius 3 is 2.80 bits per heavy atom. The summed E-state index contributed by atoms with van der Waals surface area (Å²) in [5.41, 5.74) is 2.76. The van der Waals surface area contributed by atoms with Crippen molar-refractivity contribution in [2.75, 3.05) is 0 Å². The molecule has 0 unspecified atom stereocenters. The van der Waals surface area contributed by atoms with Crippen molar-refractivity contribution in [2.45, 2.75) is 6.92 Å². The average Bonchev–Trinajstić information content (AvgIpc) is 3.06. The van der Waals surface area contributed by atoms with Gasteiger partial charge in [0.25, 0.3) is 0 Å². The van der Waals surface area contributed by atoms with Gasteiger partial charge < -0.3 is 9.67 Å². The molecular weight excluding hydrogens is 272 g/mol. The number of hydrogen-bond donors (Lipinski definition) is 1. The molecule has 0 spiro atoms. The average molecular weight is 284 g/mol. The molecule has 4 nitrogen and oxygen atoms in total. The van der Waals surface area contributed by atoms with E-state index in [1.807, 2.05) is 41.1 Å². The van der Waals surface area contributed by atoms with Crippen LogP contribution in [0.1, 0.15) is 16.1 Å². The minimum absolute atomic E-state index is 0.317. The van der Waals surface area contributed by atoms with Crippen molar-refractivity contribution in [3.05, 3.63) is 59.4 Å². The molecule has 3 heterocycles. The third-order valence-corrected chi connectivity index (χ3v) is 4.05. The fraction of sp³-hybridized carbons (Fsp3) is 0.0667. The van der Waals surface area contributed by atoms with Crippen molar-refractivity contribution in [3.63, 3.8) is 0 Å². The number of hydrogen-bond acceptors (Lipinski definition) is 3. The first-order valence-corrected chi connectivity index (χ1v) is 6.96. The Bertz CT molecular complexity index is 746. The number of carbonyl (C=O) groups is 1. The van der Waals surface area contributed by atoms with Gasteiger partial charge in [0.05, 0.1) is 28.0 Å². The highest BCUT2D eigenvalue weighted by atomic mass is 32.1. The molecule has 0 amide bonds. The van der Waals surface area contributed by atoms with Crippen molar-refractivity contribution < 1.29 is 9.90 Å². The van der Waals surface area contributed by atoms with Crippen LogP contribution in [0.3, 0.4) is 0 Å². The molecule has 0 saturated heterocycles. The summed E-state index contributed by atoms with van der Waals surface area (Å²) in [5.74, 6) is -0.914. The van der Waals surface area contributed by atoms with Gasteiger partial charge in [0.1, 0.15) is 0 Å². The van der Waals surface area contributed by atoms with Gasteiger partial charge in [0, 0.05) is 11.9 Å². The second-order valence-corrected chi connectivity index (χ2v) is 5.31. The fourth-order valence-corrected chi connectivity index (χ4v) is 2.98. The maximum absolute atomic E-state index is 11.4. The lowest BCUT2D eigenvalue weighted by Gasteiger charge is -2.10. The highest BCUT2D eigenvalue weighted by molar-refractivity contribution is 7.13. The molecule has 1 N–H and O–H groups in total. The zero-order valence-electron chi connectivity index (χ0n) is 10.8. The lowest BCUT2D eigenvalue weighted by atomic mass is 10.2. The van der Waals surface area contributed by atoms with Gasteiger partial charge in [-0.15, -0.1) is 11.3 Å². The van der Waals surface area contributed by atoms with E-state index in [0.717, 1.165) is 16.3 Å². The van der Waals surface area contributed by atoms with Crippen LogP contribution in [-0.2, 0) is 0 Å². The summed E-state index contributed by atoms with van der Waals surface area (Å²) in [5, 5.41) is 11.3. The van der Waals surface area contributed by atoms with E-state index in [0.29, 0.717) is 11.3 Å². The van der Waals surface area contributed by atoms with E-state index in [1.54, 1.807) is 29.8 Å². The predicted octanol–water partition coefficient (Wildman–Crippen LogP) is 3.61. The fourth-order valence-electron chi connectivity index (χ4n) is 2.25. The van der Waals surface area contributed by atoms with Crippen LogP contribution in [0.5, 0.6) is 0 Å². The van der Waals surface area contributed by atoms with Crippen LogP contribution in [0.15, 0.2) is 48.1 Å². The monoisotopic (exact) mass is 284 g/mol.